The Morgan fingerprint density at radius 2 is 2.00 bits per heavy atom. The van der Waals surface area contributed by atoms with Gasteiger partial charge in [0.05, 0.1) is 18.8 Å². The number of aliphatic hydroxyl groups excluding tert-OH is 2. The monoisotopic (exact) mass is 277 g/mol. The first kappa shape index (κ1) is 18.5. The summed E-state index contributed by atoms with van der Waals surface area (Å²) in [5, 5.41) is 28.7. The molecule has 0 amide bonds. The van der Waals surface area contributed by atoms with Crippen LogP contribution in [0.15, 0.2) is 12.3 Å². The van der Waals surface area contributed by atoms with Gasteiger partial charge in [0.1, 0.15) is 12.2 Å². The summed E-state index contributed by atoms with van der Waals surface area (Å²) in [4.78, 5) is 0. The molecule has 6 heteroatoms. The average molecular weight is 277 g/mol. The molecule has 0 bridgehead atoms. The maximum Gasteiger partial charge on any atom is 0.145 e. The van der Waals surface area contributed by atoms with E-state index in [9.17, 15) is 15.4 Å². The van der Waals surface area contributed by atoms with E-state index in [1.54, 1.807) is 13.0 Å². The van der Waals surface area contributed by atoms with Crippen LogP contribution in [0.4, 0.5) is 0 Å². The van der Waals surface area contributed by atoms with Gasteiger partial charge in [0, 0.05) is 13.2 Å². The van der Waals surface area contributed by atoms with Gasteiger partial charge in [-0.3, -0.25) is 0 Å². The van der Waals surface area contributed by atoms with Crippen molar-refractivity contribution >= 4 is 0 Å². The van der Waals surface area contributed by atoms with Gasteiger partial charge in [0.2, 0.25) is 0 Å². The molecular formula is C13H29N2O4+. The van der Waals surface area contributed by atoms with Crippen molar-refractivity contribution in [1.29, 1.82) is 0 Å². The summed E-state index contributed by atoms with van der Waals surface area (Å²) in [6.45, 7) is 4.01. The van der Waals surface area contributed by atoms with Crippen molar-refractivity contribution in [2.24, 2.45) is 0 Å². The smallest absolute Gasteiger partial charge is 0.145 e. The Hall–Kier alpha value is -0.500. The van der Waals surface area contributed by atoms with E-state index in [4.69, 9.17) is 4.74 Å². The molecule has 0 spiro atoms. The van der Waals surface area contributed by atoms with Crippen molar-refractivity contribution in [2.75, 3.05) is 13.7 Å². The minimum Gasteiger partial charge on any atom is -0.391 e. The fraction of sp³-hybridized carbons (Fsp3) is 0.846. The molecule has 0 aromatic carbocycles. The molecule has 19 heavy (non-hydrogen) atoms. The van der Waals surface area contributed by atoms with Gasteiger partial charge in [0.25, 0.3) is 0 Å². The van der Waals surface area contributed by atoms with Gasteiger partial charge >= 0.3 is 0 Å². The van der Waals surface area contributed by atoms with Crippen molar-refractivity contribution in [3.63, 3.8) is 0 Å². The van der Waals surface area contributed by atoms with Crippen LogP contribution in [0.25, 0.3) is 0 Å². The number of hydroxylamine groups is 1. The predicted octanol–water partition coefficient (Wildman–Crippen LogP) is -0.384. The zero-order valence-corrected chi connectivity index (χ0v) is 12.2. The molecule has 0 aliphatic rings. The van der Waals surface area contributed by atoms with Crippen molar-refractivity contribution in [3.05, 3.63) is 12.3 Å². The fourth-order valence-electron chi connectivity index (χ4n) is 1.62. The second kappa shape index (κ2) is 11.3. The van der Waals surface area contributed by atoms with Crippen LogP contribution in [0.3, 0.4) is 0 Å². The van der Waals surface area contributed by atoms with Gasteiger partial charge in [-0.25, -0.2) is 0 Å². The Morgan fingerprint density at radius 1 is 1.32 bits per heavy atom. The van der Waals surface area contributed by atoms with E-state index in [0.29, 0.717) is 6.42 Å². The zero-order chi connectivity index (χ0) is 14.7. The van der Waals surface area contributed by atoms with Crippen LogP contribution >= 0.6 is 0 Å². The van der Waals surface area contributed by atoms with Gasteiger partial charge in [-0.1, -0.05) is 31.4 Å². The highest BCUT2D eigenvalue weighted by molar-refractivity contribution is 4.81. The normalized spacial score (nSPS) is 18.4. The third-order valence-electron chi connectivity index (χ3n) is 2.84. The molecule has 0 heterocycles. The highest BCUT2D eigenvalue weighted by Gasteiger charge is 2.19. The van der Waals surface area contributed by atoms with E-state index in [2.05, 4.69) is 12.3 Å². The fourth-order valence-corrected chi connectivity index (χ4v) is 1.62. The molecule has 0 rings (SSSR count). The second-order valence-electron chi connectivity index (χ2n) is 4.75. The highest BCUT2D eigenvalue weighted by atomic mass is 16.5. The first-order valence-electron chi connectivity index (χ1n) is 6.87. The van der Waals surface area contributed by atoms with Crippen LogP contribution in [0, 0.1) is 0 Å². The molecule has 114 valence electrons. The van der Waals surface area contributed by atoms with Crippen molar-refractivity contribution < 1.29 is 25.3 Å². The third-order valence-corrected chi connectivity index (χ3v) is 2.84. The summed E-state index contributed by atoms with van der Waals surface area (Å²) in [5.74, 6) is 0. The lowest BCUT2D eigenvalue weighted by molar-refractivity contribution is -1.09. The van der Waals surface area contributed by atoms with Crippen LogP contribution in [-0.4, -0.2) is 47.4 Å². The zero-order valence-electron chi connectivity index (χ0n) is 12.2. The molecule has 0 radical (unpaired) electrons. The number of unbranched alkanes of at least 4 members (excludes halogenated alkanes) is 2. The standard InChI is InChI=1S/C13H28N2O4/c1-4-5-6-7-12(17)8-9-15(18)14-13(10-19-3)11(2)16/h8-9,11-14,16-18H,4-7,10H2,1-3H3/p+1/b9-8+/t11-,12?,13-/m0/s1. The number of aliphatic hydroxyl groups is 2. The van der Waals surface area contributed by atoms with Gasteiger partial charge in [0.15, 0.2) is 0 Å². The number of nitrogens with one attached hydrogen (secondary N) is 2. The maximum absolute atomic E-state index is 9.66. The molecule has 0 aromatic heterocycles. The average Bonchev–Trinajstić information content (AvgIpc) is 2.36. The Morgan fingerprint density at radius 3 is 2.53 bits per heavy atom. The van der Waals surface area contributed by atoms with Crippen LogP contribution < -0.4 is 10.6 Å². The number of rotatable bonds is 11. The molecule has 2 unspecified atom stereocenters. The second-order valence-corrected chi connectivity index (χ2v) is 4.75. The molecular weight excluding hydrogens is 248 g/mol. The number of hydrogen-bond acceptors (Lipinski definition) is 5. The van der Waals surface area contributed by atoms with Crippen molar-refractivity contribution in [2.45, 2.75) is 57.8 Å². The Labute approximate surface area is 115 Å². The first-order valence-corrected chi connectivity index (χ1v) is 6.87. The summed E-state index contributed by atoms with van der Waals surface area (Å²) in [7, 11) is 1.53. The highest BCUT2D eigenvalue weighted by Crippen LogP contribution is 2.03. The maximum atomic E-state index is 9.66. The lowest BCUT2D eigenvalue weighted by atomic mass is 10.1. The molecule has 0 aliphatic carbocycles. The topological polar surface area (TPSA) is 86.4 Å². The molecule has 6 nitrogen and oxygen atoms in total. The summed E-state index contributed by atoms with van der Waals surface area (Å²) in [5.41, 5.74) is 2.74. The lowest BCUT2D eigenvalue weighted by Gasteiger charge is -2.20. The van der Waals surface area contributed by atoms with E-state index in [0.717, 1.165) is 19.3 Å². The summed E-state index contributed by atoms with van der Waals surface area (Å²) in [6.07, 6.45) is 5.63. The Balaban J connectivity index is 4.02. The van der Waals surface area contributed by atoms with Crippen LogP contribution in [-0.2, 0) is 4.74 Å². The van der Waals surface area contributed by atoms with Crippen LogP contribution in [0.5, 0.6) is 0 Å². The quantitative estimate of drug-likeness (QED) is 0.262. The first-order chi connectivity index (χ1) is 9.01. The van der Waals surface area contributed by atoms with Crippen molar-refractivity contribution in [3.8, 4) is 0 Å². The molecule has 0 aliphatic heterocycles. The molecule has 5 N–H and O–H groups in total. The van der Waals surface area contributed by atoms with E-state index < -0.39 is 12.2 Å². The SMILES string of the molecule is CCCCCC(O)/C=C/[NH+](O)N[C@@H](COC)[C@H](C)O. The summed E-state index contributed by atoms with van der Waals surface area (Å²) < 4.78 is 4.94. The summed E-state index contributed by atoms with van der Waals surface area (Å²) >= 11 is 0. The number of quaternary nitrogens is 1. The van der Waals surface area contributed by atoms with Crippen LogP contribution in [0.2, 0.25) is 0 Å². The van der Waals surface area contributed by atoms with Gasteiger partial charge in [-0.15, -0.1) is 5.43 Å². The Kier molecular flexibility index (Phi) is 11.0. The van der Waals surface area contributed by atoms with E-state index in [-0.39, 0.29) is 17.8 Å². The van der Waals surface area contributed by atoms with Crippen LogP contribution in [0.1, 0.15) is 39.5 Å². The molecule has 0 fully saturated rings. The largest absolute Gasteiger partial charge is 0.391 e. The minimum absolute atomic E-state index is 0.0857. The summed E-state index contributed by atoms with van der Waals surface area (Å²) in [6, 6.07) is -0.383. The number of methoxy groups -OCH3 is 1. The molecule has 4 atom stereocenters. The minimum atomic E-state index is -0.648. The number of ether oxygens (including phenoxy) is 1. The molecule has 0 saturated heterocycles. The van der Waals surface area contributed by atoms with E-state index >= 15 is 0 Å². The third kappa shape index (κ3) is 10.0. The predicted molar refractivity (Wildman–Crippen MR) is 72.5 cm³/mol. The van der Waals surface area contributed by atoms with Gasteiger partial charge in [-0.2, -0.15) is 5.21 Å². The van der Waals surface area contributed by atoms with E-state index in [1.165, 1.54) is 13.3 Å². The van der Waals surface area contributed by atoms with Crippen molar-refractivity contribution in [1.82, 2.24) is 5.43 Å². The van der Waals surface area contributed by atoms with Gasteiger partial charge in [-0.05, 0) is 13.3 Å². The lowest BCUT2D eigenvalue weighted by Crippen LogP contribution is -3.13. The number of hydrogen-bond donors (Lipinski definition) is 5. The van der Waals surface area contributed by atoms with Gasteiger partial charge < -0.3 is 14.9 Å². The Bertz CT molecular complexity index is 237. The molecule has 0 aromatic rings. The van der Waals surface area contributed by atoms with E-state index in [1.807, 2.05) is 0 Å². The molecule has 0 saturated carbocycles.